The van der Waals surface area contributed by atoms with E-state index in [0.29, 0.717) is 16.2 Å². The average Bonchev–Trinajstić information content (AvgIpc) is 3.02. The van der Waals surface area contributed by atoms with Crippen LogP contribution in [0.4, 0.5) is 0 Å². The van der Waals surface area contributed by atoms with E-state index in [9.17, 15) is 0 Å². The first-order valence-corrected chi connectivity index (χ1v) is 13.1. The third kappa shape index (κ3) is 2.59. The van der Waals surface area contributed by atoms with Gasteiger partial charge in [-0.1, -0.05) is 78.1 Å². The van der Waals surface area contributed by atoms with Gasteiger partial charge in [-0.25, -0.2) is 0 Å². The van der Waals surface area contributed by atoms with Crippen LogP contribution in [-0.2, 0) is 0 Å². The van der Waals surface area contributed by atoms with E-state index in [1.165, 1.54) is 38.5 Å². The largest absolute Gasteiger partial charge is 0.0591 e. The van der Waals surface area contributed by atoms with E-state index in [4.69, 9.17) is 0 Å². The topological polar surface area (TPSA) is 0 Å². The molecule has 4 atom stereocenters. The predicted molar refractivity (Wildman–Crippen MR) is 116 cm³/mol. The lowest BCUT2D eigenvalue weighted by molar-refractivity contribution is -0.178. The van der Waals surface area contributed by atoms with Crippen molar-refractivity contribution < 1.29 is 0 Å². The molecule has 5 aliphatic carbocycles. The molecule has 0 saturated heterocycles. The van der Waals surface area contributed by atoms with Crippen LogP contribution in [0.5, 0.6) is 0 Å². The second-order valence-corrected chi connectivity index (χ2v) is 12.2. The number of hydrogen-bond acceptors (Lipinski definition) is 0. The van der Waals surface area contributed by atoms with Crippen LogP contribution in [0, 0.1) is 39.9 Å². The second kappa shape index (κ2) is 7.05. The van der Waals surface area contributed by atoms with Crippen LogP contribution in [0.1, 0.15) is 129 Å². The molecular weight excluding hydrogens is 324 g/mol. The van der Waals surface area contributed by atoms with Crippen molar-refractivity contribution in [2.45, 2.75) is 129 Å². The molecule has 0 aromatic rings. The Hall–Kier alpha value is 0. The zero-order chi connectivity index (χ0) is 18.5. The van der Waals surface area contributed by atoms with Gasteiger partial charge in [0.15, 0.2) is 0 Å². The van der Waals surface area contributed by atoms with Crippen molar-refractivity contribution in [1.29, 1.82) is 0 Å². The molecule has 0 aliphatic heterocycles. The number of hydrogen-bond donors (Lipinski definition) is 0. The fourth-order valence-corrected chi connectivity index (χ4v) is 10.8. The van der Waals surface area contributed by atoms with Crippen molar-refractivity contribution >= 4 is 0 Å². The highest BCUT2D eigenvalue weighted by atomic mass is 14.8. The summed E-state index contributed by atoms with van der Waals surface area (Å²) in [5, 5.41) is 0. The minimum atomic E-state index is 0.647. The van der Waals surface area contributed by atoms with E-state index in [2.05, 4.69) is 13.8 Å². The Bertz CT molecular complexity index is 470. The Labute approximate surface area is 169 Å². The number of fused-ring (bicyclic) bond motifs is 3. The van der Waals surface area contributed by atoms with Crippen molar-refractivity contribution in [3.05, 3.63) is 0 Å². The normalized spacial score (nSPS) is 42.9. The molecular formula is C27H46. The molecule has 27 heavy (non-hydrogen) atoms. The van der Waals surface area contributed by atoms with E-state index in [-0.39, 0.29) is 0 Å². The van der Waals surface area contributed by atoms with Crippen LogP contribution in [-0.4, -0.2) is 0 Å². The highest BCUT2D eigenvalue weighted by Gasteiger charge is 2.71. The SMILES string of the molecule is CC1(C2(C3(C)CCCCC3)C3CCCCC3C3CCCCC32)CCCCC1. The van der Waals surface area contributed by atoms with Crippen molar-refractivity contribution in [1.82, 2.24) is 0 Å². The summed E-state index contributed by atoms with van der Waals surface area (Å²) in [6.07, 6.45) is 28.0. The van der Waals surface area contributed by atoms with Gasteiger partial charge in [0.25, 0.3) is 0 Å². The Morgan fingerprint density at radius 3 is 1.22 bits per heavy atom. The standard InChI is InChI=1S/C27H46/c1-25(17-9-3-10-18-25)27(26(2)19-11-4-12-20-26)23-15-7-5-13-21(23)22-14-6-8-16-24(22)27/h21-24H,3-20H2,1-2H3. The minimum Gasteiger partial charge on any atom is -0.0591 e. The molecule has 5 fully saturated rings. The van der Waals surface area contributed by atoms with E-state index < -0.39 is 0 Å². The third-order valence-corrected chi connectivity index (χ3v) is 11.3. The first-order valence-electron chi connectivity index (χ1n) is 13.1. The summed E-state index contributed by atoms with van der Waals surface area (Å²) >= 11 is 0. The van der Waals surface area contributed by atoms with Crippen molar-refractivity contribution in [2.75, 3.05) is 0 Å². The predicted octanol–water partition coefficient (Wildman–Crippen LogP) is 8.54. The molecule has 0 nitrogen and oxygen atoms in total. The molecule has 5 saturated carbocycles. The molecule has 0 spiro atoms. The molecule has 4 unspecified atom stereocenters. The first-order chi connectivity index (χ1) is 13.1. The highest BCUT2D eigenvalue weighted by molar-refractivity contribution is 5.19. The minimum absolute atomic E-state index is 0.647. The Kier molecular flexibility index (Phi) is 4.96. The van der Waals surface area contributed by atoms with Crippen molar-refractivity contribution in [2.24, 2.45) is 39.9 Å². The maximum Gasteiger partial charge on any atom is -0.0128 e. The smallest absolute Gasteiger partial charge is 0.0128 e. The molecule has 0 amide bonds. The summed E-state index contributed by atoms with van der Waals surface area (Å²) in [7, 11) is 0. The van der Waals surface area contributed by atoms with Crippen LogP contribution in [0.2, 0.25) is 0 Å². The van der Waals surface area contributed by atoms with E-state index >= 15 is 0 Å². The van der Waals surface area contributed by atoms with Gasteiger partial charge in [-0.3, -0.25) is 0 Å². The van der Waals surface area contributed by atoms with Gasteiger partial charge in [0.2, 0.25) is 0 Å². The van der Waals surface area contributed by atoms with Gasteiger partial charge in [-0.05, 0) is 91.3 Å². The van der Waals surface area contributed by atoms with Gasteiger partial charge < -0.3 is 0 Å². The zero-order valence-electron chi connectivity index (χ0n) is 18.5. The summed E-state index contributed by atoms with van der Waals surface area (Å²) in [6, 6.07) is 0. The lowest BCUT2D eigenvalue weighted by Gasteiger charge is -2.66. The molecule has 0 radical (unpaired) electrons. The highest BCUT2D eigenvalue weighted by Crippen LogP contribution is 2.78. The summed E-state index contributed by atoms with van der Waals surface area (Å²) in [6.45, 7) is 5.68. The molecule has 5 rings (SSSR count). The van der Waals surface area contributed by atoms with Gasteiger partial charge in [0, 0.05) is 0 Å². The molecule has 0 aromatic heterocycles. The Balaban J connectivity index is 1.68. The van der Waals surface area contributed by atoms with Gasteiger partial charge in [0.1, 0.15) is 0 Å². The van der Waals surface area contributed by atoms with Crippen molar-refractivity contribution in [3.8, 4) is 0 Å². The monoisotopic (exact) mass is 370 g/mol. The fourth-order valence-electron chi connectivity index (χ4n) is 10.8. The summed E-state index contributed by atoms with van der Waals surface area (Å²) in [5.41, 5.74) is 1.99. The molecule has 154 valence electrons. The van der Waals surface area contributed by atoms with Gasteiger partial charge in [-0.2, -0.15) is 0 Å². The van der Waals surface area contributed by atoms with E-state index in [0.717, 1.165) is 23.7 Å². The second-order valence-electron chi connectivity index (χ2n) is 12.2. The van der Waals surface area contributed by atoms with Gasteiger partial charge >= 0.3 is 0 Å². The summed E-state index contributed by atoms with van der Waals surface area (Å²) < 4.78 is 0. The lowest BCUT2D eigenvalue weighted by atomic mass is 9.38. The Morgan fingerprint density at radius 1 is 0.444 bits per heavy atom. The maximum atomic E-state index is 2.84. The quantitative estimate of drug-likeness (QED) is 0.457. The molecule has 0 aromatic carbocycles. The summed E-state index contributed by atoms with van der Waals surface area (Å²) in [5.74, 6) is 4.40. The molecule has 0 heterocycles. The van der Waals surface area contributed by atoms with Gasteiger partial charge in [-0.15, -0.1) is 0 Å². The lowest BCUT2D eigenvalue weighted by Crippen LogP contribution is -2.59. The fraction of sp³-hybridized carbons (Fsp3) is 1.00. The van der Waals surface area contributed by atoms with Crippen LogP contribution in [0.25, 0.3) is 0 Å². The Morgan fingerprint density at radius 2 is 0.815 bits per heavy atom. The van der Waals surface area contributed by atoms with Crippen LogP contribution >= 0.6 is 0 Å². The van der Waals surface area contributed by atoms with E-state index in [1.54, 1.807) is 77.0 Å². The maximum absolute atomic E-state index is 2.84. The van der Waals surface area contributed by atoms with Crippen LogP contribution in [0.3, 0.4) is 0 Å². The molecule has 5 aliphatic rings. The number of rotatable bonds is 2. The van der Waals surface area contributed by atoms with Crippen molar-refractivity contribution in [3.63, 3.8) is 0 Å². The summed E-state index contributed by atoms with van der Waals surface area (Å²) in [4.78, 5) is 0. The first kappa shape index (κ1) is 19.0. The van der Waals surface area contributed by atoms with E-state index in [1.807, 2.05) is 0 Å². The third-order valence-electron chi connectivity index (χ3n) is 11.3. The molecule has 0 bridgehead atoms. The van der Waals surface area contributed by atoms with Crippen LogP contribution in [0.15, 0.2) is 0 Å². The molecule has 0 N–H and O–H groups in total. The van der Waals surface area contributed by atoms with Gasteiger partial charge in [0.05, 0.1) is 0 Å². The molecule has 0 heteroatoms. The average molecular weight is 371 g/mol. The van der Waals surface area contributed by atoms with Crippen LogP contribution < -0.4 is 0 Å². The zero-order valence-corrected chi connectivity index (χ0v) is 18.5.